The minimum atomic E-state index is -0.276. The third-order valence-electron chi connectivity index (χ3n) is 6.30. The Morgan fingerprint density at radius 2 is 1.68 bits per heavy atom. The molecular weight excluding hydrogens is 278 g/mol. The fraction of sp³-hybridized carbons (Fsp3) is 0.500. The molecule has 2 bridgehead atoms. The minimum absolute atomic E-state index is 0.140. The average Bonchev–Trinajstić information content (AvgIpc) is 2.78. The first-order valence-electron chi connectivity index (χ1n) is 7.89. The van der Waals surface area contributed by atoms with Crippen molar-refractivity contribution >= 4 is 18.1 Å². The standard InChI is InChI=1S/C18H19NO3/c1-18(2)10-7-14(18)13(9-20)15(8-10)19-16(21)11-5-3-4-6-12(11)17(19)22/h3-6,9-10,13-15H,7-8H2,1-2H3/t10-,13+,14+,15?/m0/s1. The van der Waals surface area contributed by atoms with Gasteiger partial charge in [0, 0.05) is 5.92 Å². The summed E-state index contributed by atoms with van der Waals surface area (Å²) in [6, 6.07) is 6.65. The van der Waals surface area contributed by atoms with Crippen molar-refractivity contribution in [1.29, 1.82) is 0 Å². The highest BCUT2D eigenvalue weighted by molar-refractivity contribution is 6.21. The van der Waals surface area contributed by atoms with Crippen LogP contribution in [0.25, 0.3) is 0 Å². The van der Waals surface area contributed by atoms with Crippen molar-refractivity contribution in [2.24, 2.45) is 23.2 Å². The van der Waals surface area contributed by atoms with Gasteiger partial charge in [-0.25, -0.2) is 0 Å². The molecule has 5 rings (SSSR count). The van der Waals surface area contributed by atoms with Gasteiger partial charge in [0.15, 0.2) is 0 Å². The predicted octanol–water partition coefficient (Wildman–Crippen LogP) is 2.53. The predicted molar refractivity (Wildman–Crippen MR) is 80.3 cm³/mol. The second kappa shape index (κ2) is 4.28. The van der Waals surface area contributed by atoms with Gasteiger partial charge in [-0.2, -0.15) is 0 Å². The lowest BCUT2D eigenvalue weighted by Crippen LogP contribution is -2.62. The van der Waals surface area contributed by atoms with Crippen LogP contribution in [0.2, 0.25) is 0 Å². The quantitative estimate of drug-likeness (QED) is 0.622. The van der Waals surface area contributed by atoms with E-state index in [4.69, 9.17) is 0 Å². The molecule has 1 aromatic rings. The maximum Gasteiger partial charge on any atom is 0.261 e. The molecule has 114 valence electrons. The van der Waals surface area contributed by atoms with E-state index < -0.39 is 0 Å². The molecule has 0 N–H and O–H groups in total. The Kier molecular flexibility index (Phi) is 2.66. The Hall–Kier alpha value is -1.97. The summed E-state index contributed by atoms with van der Waals surface area (Å²) in [4.78, 5) is 38.3. The molecule has 4 atom stereocenters. The minimum Gasteiger partial charge on any atom is -0.303 e. The van der Waals surface area contributed by atoms with Crippen molar-refractivity contribution in [1.82, 2.24) is 4.90 Å². The van der Waals surface area contributed by atoms with Gasteiger partial charge in [0.05, 0.1) is 17.2 Å². The van der Waals surface area contributed by atoms with Crippen LogP contribution in [0.15, 0.2) is 24.3 Å². The van der Waals surface area contributed by atoms with Gasteiger partial charge in [-0.15, -0.1) is 0 Å². The largest absolute Gasteiger partial charge is 0.303 e. The highest BCUT2D eigenvalue weighted by Gasteiger charge is 2.60. The van der Waals surface area contributed by atoms with Gasteiger partial charge in [-0.1, -0.05) is 26.0 Å². The number of nitrogens with zero attached hydrogens (tertiary/aromatic N) is 1. The third-order valence-corrected chi connectivity index (χ3v) is 6.30. The van der Waals surface area contributed by atoms with Crippen LogP contribution < -0.4 is 0 Å². The molecule has 1 heterocycles. The van der Waals surface area contributed by atoms with E-state index in [-0.39, 0.29) is 35.1 Å². The van der Waals surface area contributed by atoms with Crippen molar-refractivity contribution in [2.75, 3.05) is 0 Å². The third kappa shape index (κ3) is 1.50. The fourth-order valence-corrected chi connectivity index (χ4v) is 4.80. The van der Waals surface area contributed by atoms with Gasteiger partial charge in [-0.3, -0.25) is 14.5 Å². The summed E-state index contributed by atoms with van der Waals surface area (Å²) in [5, 5.41) is 0. The zero-order valence-electron chi connectivity index (χ0n) is 12.8. The first-order chi connectivity index (χ1) is 10.5. The van der Waals surface area contributed by atoms with E-state index in [1.54, 1.807) is 24.3 Å². The molecule has 22 heavy (non-hydrogen) atoms. The molecule has 0 radical (unpaired) electrons. The molecule has 3 saturated carbocycles. The number of carbonyl (C=O) groups is 3. The van der Waals surface area contributed by atoms with Crippen LogP contribution in [0.5, 0.6) is 0 Å². The summed E-state index contributed by atoms with van der Waals surface area (Å²) in [5.74, 6) is 0.0522. The van der Waals surface area contributed by atoms with Gasteiger partial charge < -0.3 is 4.79 Å². The van der Waals surface area contributed by atoms with Crippen molar-refractivity contribution in [3.05, 3.63) is 35.4 Å². The Bertz CT molecular complexity index is 658. The average molecular weight is 297 g/mol. The maximum absolute atomic E-state index is 12.6. The number of benzene rings is 1. The number of carbonyl (C=O) groups excluding carboxylic acids is 3. The molecule has 1 aromatic carbocycles. The normalized spacial score (nSPS) is 35.1. The summed E-state index contributed by atoms with van der Waals surface area (Å²) in [5.41, 5.74) is 1.08. The molecule has 0 spiro atoms. The van der Waals surface area contributed by atoms with E-state index in [0.717, 1.165) is 19.1 Å². The summed E-state index contributed by atoms with van der Waals surface area (Å²) in [7, 11) is 0. The van der Waals surface area contributed by atoms with E-state index in [0.29, 0.717) is 17.0 Å². The molecule has 0 aromatic heterocycles. The Labute approximate surface area is 129 Å². The second-order valence-electron chi connectivity index (χ2n) is 7.40. The maximum atomic E-state index is 12.6. The highest BCUT2D eigenvalue weighted by atomic mass is 16.2. The molecule has 1 unspecified atom stereocenters. The van der Waals surface area contributed by atoms with Gasteiger partial charge in [0.25, 0.3) is 11.8 Å². The molecule has 4 heteroatoms. The number of rotatable bonds is 2. The van der Waals surface area contributed by atoms with Crippen LogP contribution in [0.3, 0.4) is 0 Å². The van der Waals surface area contributed by atoms with E-state index >= 15 is 0 Å². The van der Waals surface area contributed by atoms with Crippen LogP contribution in [-0.4, -0.2) is 29.0 Å². The SMILES string of the molecule is CC1(C)[C@@H]2CC(N3C(=O)c4ccccc4C3=O)[C@H](C=O)[C@H]1C2. The molecule has 4 nitrogen and oxygen atoms in total. The van der Waals surface area contributed by atoms with Crippen LogP contribution >= 0.6 is 0 Å². The number of imide groups is 1. The Balaban J connectivity index is 1.71. The first kappa shape index (κ1) is 13.7. The van der Waals surface area contributed by atoms with E-state index in [1.165, 1.54) is 4.90 Å². The van der Waals surface area contributed by atoms with Crippen LogP contribution in [0.4, 0.5) is 0 Å². The topological polar surface area (TPSA) is 54.5 Å². The van der Waals surface area contributed by atoms with Gasteiger partial charge in [0.2, 0.25) is 0 Å². The van der Waals surface area contributed by atoms with Crippen molar-refractivity contribution in [2.45, 2.75) is 32.7 Å². The molecule has 2 amide bonds. The molecule has 4 aliphatic rings. The Morgan fingerprint density at radius 3 is 2.18 bits per heavy atom. The highest BCUT2D eigenvalue weighted by Crippen LogP contribution is 2.62. The lowest BCUT2D eigenvalue weighted by Gasteiger charge is -2.62. The van der Waals surface area contributed by atoms with Crippen molar-refractivity contribution in [3.8, 4) is 0 Å². The van der Waals surface area contributed by atoms with Crippen molar-refractivity contribution < 1.29 is 14.4 Å². The van der Waals surface area contributed by atoms with E-state index in [2.05, 4.69) is 13.8 Å². The van der Waals surface area contributed by atoms with Crippen molar-refractivity contribution in [3.63, 3.8) is 0 Å². The molecular formula is C18H19NO3. The molecule has 3 fully saturated rings. The monoisotopic (exact) mass is 297 g/mol. The first-order valence-corrected chi connectivity index (χ1v) is 7.89. The zero-order chi connectivity index (χ0) is 15.6. The molecule has 0 saturated heterocycles. The van der Waals surface area contributed by atoms with Gasteiger partial charge in [-0.05, 0) is 42.2 Å². The number of hydrogen-bond donors (Lipinski definition) is 0. The number of amides is 2. The zero-order valence-corrected chi connectivity index (χ0v) is 12.8. The Morgan fingerprint density at radius 1 is 1.09 bits per heavy atom. The van der Waals surface area contributed by atoms with E-state index in [1.807, 2.05) is 0 Å². The number of aldehydes is 1. The summed E-state index contributed by atoms with van der Waals surface area (Å²) in [6.07, 6.45) is 2.75. The molecule has 3 aliphatic carbocycles. The van der Waals surface area contributed by atoms with E-state index in [9.17, 15) is 14.4 Å². The fourth-order valence-electron chi connectivity index (χ4n) is 4.80. The van der Waals surface area contributed by atoms with Crippen LogP contribution in [0.1, 0.15) is 47.4 Å². The van der Waals surface area contributed by atoms with Gasteiger partial charge >= 0.3 is 0 Å². The lowest BCUT2D eigenvalue weighted by molar-refractivity contribution is -0.147. The number of hydrogen-bond acceptors (Lipinski definition) is 3. The smallest absolute Gasteiger partial charge is 0.261 e. The van der Waals surface area contributed by atoms with Gasteiger partial charge in [0.1, 0.15) is 6.29 Å². The number of fused-ring (bicyclic) bond motifs is 3. The summed E-state index contributed by atoms with van der Waals surface area (Å²) in [6.45, 7) is 4.39. The summed E-state index contributed by atoms with van der Waals surface area (Å²) < 4.78 is 0. The second-order valence-corrected chi connectivity index (χ2v) is 7.40. The van der Waals surface area contributed by atoms with Crippen LogP contribution in [0, 0.1) is 23.2 Å². The summed E-state index contributed by atoms with van der Waals surface area (Å²) >= 11 is 0. The molecule has 1 aliphatic heterocycles. The lowest BCUT2D eigenvalue weighted by atomic mass is 9.44. The van der Waals surface area contributed by atoms with Crippen LogP contribution in [-0.2, 0) is 4.79 Å².